The lowest BCUT2D eigenvalue weighted by Crippen LogP contribution is -2.54. The molecule has 0 aromatic rings. The van der Waals surface area contributed by atoms with Crippen molar-refractivity contribution in [2.75, 3.05) is 40.3 Å². The minimum atomic E-state index is -0.831. The highest BCUT2D eigenvalue weighted by molar-refractivity contribution is 5.78. The zero-order valence-electron chi connectivity index (χ0n) is 11.4. The summed E-state index contributed by atoms with van der Waals surface area (Å²) in [5, 5.41) is 12.2. The van der Waals surface area contributed by atoms with Gasteiger partial charge in [-0.15, -0.1) is 0 Å². The summed E-state index contributed by atoms with van der Waals surface area (Å²) in [5.41, 5.74) is -0.831. The van der Waals surface area contributed by atoms with E-state index in [1.54, 1.807) is 14.0 Å². The number of nitrogens with zero attached hydrogens (tertiary/aromatic N) is 2. The van der Waals surface area contributed by atoms with E-state index in [0.717, 1.165) is 26.2 Å². The zero-order valence-corrected chi connectivity index (χ0v) is 11.4. The van der Waals surface area contributed by atoms with E-state index >= 15 is 0 Å². The normalized spacial score (nSPS) is 24.2. The number of carboxylic acids is 1. The molecule has 5 nitrogen and oxygen atoms in total. The van der Waals surface area contributed by atoms with Crippen LogP contribution in [0, 0.1) is 0 Å². The average molecular weight is 243 g/mol. The van der Waals surface area contributed by atoms with Crippen molar-refractivity contribution in [2.24, 2.45) is 0 Å². The van der Waals surface area contributed by atoms with E-state index in [4.69, 9.17) is 0 Å². The van der Waals surface area contributed by atoms with Crippen LogP contribution in [-0.2, 0) is 4.79 Å². The van der Waals surface area contributed by atoms with Gasteiger partial charge < -0.3 is 15.3 Å². The fourth-order valence-electron chi connectivity index (χ4n) is 2.28. The number of hydrogen-bond acceptors (Lipinski definition) is 4. The molecule has 1 heterocycles. The Morgan fingerprint density at radius 1 is 1.41 bits per heavy atom. The number of rotatable bonds is 5. The fraction of sp³-hybridized carbons (Fsp3) is 0.917. The van der Waals surface area contributed by atoms with Gasteiger partial charge in [0.2, 0.25) is 0 Å². The van der Waals surface area contributed by atoms with Gasteiger partial charge in [-0.2, -0.15) is 0 Å². The van der Waals surface area contributed by atoms with Gasteiger partial charge in [-0.25, -0.2) is 0 Å². The first kappa shape index (κ1) is 14.4. The van der Waals surface area contributed by atoms with Crippen molar-refractivity contribution < 1.29 is 9.90 Å². The van der Waals surface area contributed by atoms with E-state index in [9.17, 15) is 9.90 Å². The van der Waals surface area contributed by atoms with Crippen LogP contribution in [0.15, 0.2) is 0 Å². The molecule has 5 heteroatoms. The van der Waals surface area contributed by atoms with Gasteiger partial charge in [-0.1, -0.05) is 0 Å². The van der Waals surface area contributed by atoms with Gasteiger partial charge in [0, 0.05) is 32.2 Å². The molecule has 100 valence electrons. The maximum Gasteiger partial charge on any atom is 0.323 e. The zero-order chi connectivity index (χ0) is 13.1. The molecule has 2 N–H and O–H groups in total. The molecule has 0 aromatic carbocycles. The Morgan fingerprint density at radius 2 is 1.94 bits per heavy atom. The van der Waals surface area contributed by atoms with Crippen LogP contribution in [0.5, 0.6) is 0 Å². The van der Waals surface area contributed by atoms with Crippen LogP contribution >= 0.6 is 0 Å². The number of likely N-dealkylation sites (N-methyl/N-ethyl adjacent to an activating group) is 2. The number of carboxylic acid groups (broad SMARTS) is 1. The van der Waals surface area contributed by atoms with Crippen LogP contribution in [0.4, 0.5) is 0 Å². The van der Waals surface area contributed by atoms with Crippen LogP contribution < -0.4 is 5.32 Å². The molecule has 0 saturated carbocycles. The van der Waals surface area contributed by atoms with Gasteiger partial charge in [0.25, 0.3) is 0 Å². The summed E-state index contributed by atoms with van der Waals surface area (Å²) < 4.78 is 0. The molecule has 0 aliphatic carbocycles. The van der Waals surface area contributed by atoms with E-state index in [-0.39, 0.29) is 6.04 Å². The van der Waals surface area contributed by atoms with Gasteiger partial charge in [0.1, 0.15) is 5.54 Å². The molecule has 0 spiro atoms. The van der Waals surface area contributed by atoms with E-state index in [0.29, 0.717) is 6.42 Å². The molecule has 17 heavy (non-hydrogen) atoms. The maximum absolute atomic E-state index is 11.2. The van der Waals surface area contributed by atoms with E-state index in [1.807, 2.05) is 0 Å². The molecule has 0 bridgehead atoms. The molecule has 2 atom stereocenters. The standard InChI is InChI=1S/C12H25N3O2/c1-10(9-12(2,13-3)11(16)17)15-7-5-14(4)6-8-15/h10,13H,5-9H2,1-4H3,(H,16,17). The SMILES string of the molecule is CNC(C)(CC(C)N1CCN(C)CC1)C(=O)O. The van der Waals surface area contributed by atoms with E-state index in [2.05, 4.69) is 29.1 Å². The lowest BCUT2D eigenvalue weighted by atomic mass is 9.93. The van der Waals surface area contributed by atoms with Crippen molar-refractivity contribution in [2.45, 2.75) is 31.8 Å². The second-order valence-corrected chi connectivity index (χ2v) is 5.28. The Labute approximate surface area is 104 Å². The molecular formula is C12H25N3O2. The van der Waals surface area contributed by atoms with Crippen molar-refractivity contribution in [1.82, 2.24) is 15.1 Å². The number of piperazine rings is 1. The van der Waals surface area contributed by atoms with Gasteiger partial charge in [0.05, 0.1) is 0 Å². The molecule has 1 aliphatic heterocycles. The van der Waals surface area contributed by atoms with Crippen LogP contribution in [0.3, 0.4) is 0 Å². The lowest BCUT2D eigenvalue weighted by molar-refractivity contribution is -0.144. The quantitative estimate of drug-likeness (QED) is 0.716. The molecule has 1 rings (SSSR count). The Balaban J connectivity index is 2.53. The van der Waals surface area contributed by atoms with Gasteiger partial charge in [-0.3, -0.25) is 9.69 Å². The predicted octanol–water partition coefficient (Wildman–Crippen LogP) is 0.0751. The lowest BCUT2D eigenvalue weighted by Gasteiger charge is -2.39. The first-order valence-electron chi connectivity index (χ1n) is 6.24. The first-order valence-corrected chi connectivity index (χ1v) is 6.24. The Kier molecular flexibility index (Phi) is 4.91. The van der Waals surface area contributed by atoms with Crippen LogP contribution in [0.25, 0.3) is 0 Å². The summed E-state index contributed by atoms with van der Waals surface area (Å²) >= 11 is 0. The number of aliphatic carboxylic acids is 1. The van der Waals surface area contributed by atoms with E-state index < -0.39 is 11.5 Å². The van der Waals surface area contributed by atoms with Crippen LogP contribution in [-0.4, -0.2) is 72.7 Å². The van der Waals surface area contributed by atoms with Crippen molar-refractivity contribution in [3.63, 3.8) is 0 Å². The molecule has 0 radical (unpaired) electrons. The summed E-state index contributed by atoms with van der Waals surface area (Å²) in [6.45, 7) is 8.04. The topological polar surface area (TPSA) is 55.8 Å². The molecule has 1 fully saturated rings. The second kappa shape index (κ2) is 5.80. The highest BCUT2D eigenvalue weighted by Gasteiger charge is 2.34. The smallest absolute Gasteiger partial charge is 0.323 e. The summed E-state index contributed by atoms with van der Waals surface area (Å²) in [6.07, 6.45) is 0.628. The van der Waals surface area contributed by atoms with Crippen molar-refractivity contribution in [3.05, 3.63) is 0 Å². The minimum Gasteiger partial charge on any atom is -0.480 e. The molecule has 2 unspecified atom stereocenters. The van der Waals surface area contributed by atoms with Crippen molar-refractivity contribution in [1.29, 1.82) is 0 Å². The third-order valence-corrected chi connectivity index (χ3v) is 3.89. The summed E-state index contributed by atoms with van der Waals surface area (Å²) in [5.74, 6) is -0.777. The fourth-order valence-corrected chi connectivity index (χ4v) is 2.28. The van der Waals surface area contributed by atoms with Gasteiger partial charge in [0.15, 0.2) is 0 Å². The molecular weight excluding hydrogens is 218 g/mol. The van der Waals surface area contributed by atoms with Crippen molar-refractivity contribution >= 4 is 5.97 Å². The first-order chi connectivity index (χ1) is 7.89. The van der Waals surface area contributed by atoms with E-state index in [1.165, 1.54) is 0 Å². The minimum absolute atomic E-state index is 0.289. The Hall–Kier alpha value is -0.650. The molecule has 1 aliphatic rings. The molecule has 0 aromatic heterocycles. The number of carbonyl (C=O) groups is 1. The Morgan fingerprint density at radius 3 is 2.35 bits per heavy atom. The van der Waals surface area contributed by atoms with Gasteiger partial charge in [-0.05, 0) is 34.4 Å². The third kappa shape index (κ3) is 3.66. The second-order valence-electron chi connectivity index (χ2n) is 5.28. The Bertz CT molecular complexity index is 264. The molecule has 1 saturated heterocycles. The number of nitrogens with one attached hydrogen (secondary N) is 1. The van der Waals surface area contributed by atoms with Crippen LogP contribution in [0.1, 0.15) is 20.3 Å². The maximum atomic E-state index is 11.2. The third-order valence-electron chi connectivity index (χ3n) is 3.89. The summed E-state index contributed by atoms with van der Waals surface area (Å²) in [4.78, 5) is 15.9. The number of hydrogen-bond donors (Lipinski definition) is 2. The molecule has 0 amide bonds. The highest BCUT2D eigenvalue weighted by Crippen LogP contribution is 2.17. The summed E-state index contributed by atoms with van der Waals surface area (Å²) in [7, 11) is 3.84. The van der Waals surface area contributed by atoms with Gasteiger partial charge >= 0.3 is 5.97 Å². The summed E-state index contributed by atoms with van der Waals surface area (Å²) in [6, 6.07) is 0.289. The average Bonchev–Trinajstić information content (AvgIpc) is 2.29. The largest absolute Gasteiger partial charge is 0.480 e. The monoisotopic (exact) mass is 243 g/mol. The van der Waals surface area contributed by atoms with Crippen molar-refractivity contribution in [3.8, 4) is 0 Å². The highest BCUT2D eigenvalue weighted by atomic mass is 16.4. The van der Waals surface area contributed by atoms with Crippen LogP contribution in [0.2, 0.25) is 0 Å². The predicted molar refractivity (Wildman–Crippen MR) is 68.2 cm³/mol.